The number of anilines is 1. The number of methoxy groups -OCH3 is 1. The van der Waals surface area contributed by atoms with Crippen molar-refractivity contribution in [3.8, 4) is 11.5 Å². The number of carboxylic acid groups (broad SMARTS) is 1. The van der Waals surface area contributed by atoms with E-state index in [2.05, 4.69) is 4.98 Å². The van der Waals surface area contributed by atoms with Gasteiger partial charge in [-0.2, -0.15) is 0 Å². The molecule has 0 aliphatic carbocycles. The van der Waals surface area contributed by atoms with E-state index in [4.69, 9.17) is 20.3 Å². The predicted octanol–water partition coefficient (Wildman–Crippen LogP) is 2.26. The Kier molecular flexibility index (Phi) is 4.27. The van der Waals surface area contributed by atoms with Crippen LogP contribution >= 0.6 is 0 Å². The van der Waals surface area contributed by atoms with Crippen molar-refractivity contribution in [1.82, 2.24) is 4.98 Å². The lowest BCUT2D eigenvalue weighted by molar-refractivity contribution is 0.0691. The molecular weight excluding hydrogens is 272 g/mol. The van der Waals surface area contributed by atoms with E-state index in [9.17, 15) is 4.79 Å². The maximum Gasteiger partial charge on any atom is 0.339 e. The minimum atomic E-state index is -1.09. The Morgan fingerprint density at radius 3 is 2.76 bits per heavy atom. The van der Waals surface area contributed by atoms with Crippen molar-refractivity contribution in [3.05, 3.63) is 47.3 Å². The van der Waals surface area contributed by atoms with Gasteiger partial charge in [-0.05, 0) is 25.1 Å². The van der Waals surface area contributed by atoms with Gasteiger partial charge in [0, 0.05) is 23.5 Å². The molecule has 2 rings (SSSR count). The van der Waals surface area contributed by atoms with Gasteiger partial charge in [-0.25, -0.2) is 4.79 Å². The van der Waals surface area contributed by atoms with Crippen LogP contribution in [0.3, 0.4) is 0 Å². The van der Waals surface area contributed by atoms with Gasteiger partial charge in [0.25, 0.3) is 0 Å². The van der Waals surface area contributed by atoms with E-state index in [1.807, 2.05) is 6.92 Å². The molecule has 21 heavy (non-hydrogen) atoms. The Bertz CT molecular complexity index is 671. The lowest BCUT2D eigenvalue weighted by atomic mass is 10.2. The molecule has 110 valence electrons. The molecular formula is C15H16N2O4. The Morgan fingerprint density at radius 1 is 1.33 bits per heavy atom. The Morgan fingerprint density at radius 2 is 2.10 bits per heavy atom. The first-order valence-corrected chi connectivity index (χ1v) is 6.27. The lowest BCUT2D eigenvalue weighted by Crippen LogP contribution is -2.06. The zero-order valence-electron chi connectivity index (χ0n) is 11.8. The smallest absolute Gasteiger partial charge is 0.339 e. The number of ether oxygens (including phenoxy) is 2. The van der Waals surface area contributed by atoms with Crippen LogP contribution < -0.4 is 15.2 Å². The Hall–Kier alpha value is -2.76. The highest BCUT2D eigenvalue weighted by Gasteiger charge is 2.12. The van der Waals surface area contributed by atoms with Crippen molar-refractivity contribution in [3.63, 3.8) is 0 Å². The molecule has 0 aliphatic rings. The van der Waals surface area contributed by atoms with Gasteiger partial charge in [0.1, 0.15) is 23.7 Å². The molecule has 2 aromatic rings. The van der Waals surface area contributed by atoms with E-state index < -0.39 is 5.97 Å². The van der Waals surface area contributed by atoms with Gasteiger partial charge in [-0.15, -0.1) is 0 Å². The maximum atomic E-state index is 11.2. The van der Waals surface area contributed by atoms with Gasteiger partial charge in [-0.1, -0.05) is 0 Å². The first-order valence-electron chi connectivity index (χ1n) is 6.27. The molecule has 6 nitrogen and oxygen atoms in total. The number of aryl methyl sites for hydroxylation is 1. The van der Waals surface area contributed by atoms with Gasteiger partial charge in [0.15, 0.2) is 0 Å². The number of aromatic nitrogens is 1. The molecule has 0 amide bonds. The molecule has 6 heteroatoms. The SMILES string of the molecule is COc1cc(C)nc(COc2ccc(N)cc2C(=O)O)c1. The minimum Gasteiger partial charge on any atom is -0.497 e. The van der Waals surface area contributed by atoms with Crippen LogP contribution in [0.1, 0.15) is 21.7 Å². The van der Waals surface area contributed by atoms with E-state index in [1.54, 1.807) is 25.3 Å². The van der Waals surface area contributed by atoms with Crippen molar-refractivity contribution in [2.75, 3.05) is 12.8 Å². The second-order valence-electron chi connectivity index (χ2n) is 4.49. The number of benzene rings is 1. The number of rotatable bonds is 5. The van der Waals surface area contributed by atoms with E-state index >= 15 is 0 Å². The van der Waals surface area contributed by atoms with Crippen molar-refractivity contribution in [2.45, 2.75) is 13.5 Å². The van der Waals surface area contributed by atoms with Crippen LogP contribution in [-0.2, 0) is 6.61 Å². The molecule has 0 unspecified atom stereocenters. The van der Waals surface area contributed by atoms with E-state index in [-0.39, 0.29) is 17.9 Å². The number of carboxylic acids is 1. The van der Waals surface area contributed by atoms with Crippen molar-refractivity contribution in [2.24, 2.45) is 0 Å². The Labute approximate surface area is 122 Å². The zero-order valence-corrected chi connectivity index (χ0v) is 11.8. The number of carbonyl (C=O) groups is 1. The summed E-state index contributed by atoms with van der Waals surface area (Å²) in [5.41, 5.74) is 7.42. The van der Waals surface area contributed by atoms with E-state index in [0.717, 1.165) is 5.69 Å². The standard InChI is InChI=1S/C15H16N2O4/c1-9-5-12(20-2)7-11(17-9)8-21-14-4-3-10(16)6-13(14)15(18)19/h3-7H,8,16H2,1-2H3,(H,18,19). The molecule has 0 spiro atoms. The third kappa shape index (κ3) is 3.62. The van der Waals surface area contributed by atoms with Crippen molar-refractivity contribution in [1.29, 1.82) is 0 Å². The fourth-order valence-electron chi connectivity index (χ4n) is 1.89. The molecule has 0 radical (unpaired) electrons. The first-order chi connectivity index (χ1) is 9.99. The summed E-state index contributed by atoms with van der Waals surface area (Å²) in [6.07, 6.45) is 0. The third-order valence-electron chi connectivity index (χ3n) is 2.83. The summed E-state index contributed by atoms with van der Waals surface area (Å²) in [4.78, 5) is 15.5. The van der Waals surface area contributed by atoms with Crippen LogP contribution in [0.15, 0.2) is 30.3 Å². The van der Waals surface area contributed by atoms with Crippen LogP contribution in [0.4, 0.5) is 5.69 Å². The third-order valence-corrected chi connectivity index (χ3v) is 2.83. The van der Waals surface area contributed by atoms with Crippen molar-refractivity contribution < 1.29 is 19.4 Å². The molecule has 1 aromatic carbocycles. The van der Waals surface area contributed by atoms with Crippen LogP contribution in [0.2, 0.25) is 0 Å². The zero-order chi connectivity index (χ0) is 15.4. The Balaban J connectivity index is 2.20. The average Bonchev–Trinajstić information content (AvgIpc) is 2.45. The number of hydrogen-bond acceptors (Lipinski definition) is 5. The molecule has 3 N–H and O–H groups in total. The summed E-state index contributed by atoms with van der Waals surface area (Å²) in [6.45, 7) is 1.99. The molecule has 1 aromatic heterocycles. The molecule has 0 saturated heterocycles. The van der Waals surface area contributed by atoms with Crippen LogP contribution in [-0.4, -0.2) is 23.2 Å². The second-order valence-corrected chi connectivity index (χ2v) is 4.49. The van der Waals surface area contributed by atoms with Crippen LogP contribution in [0, 0.1) is 6.92 Å². The van der Waals surface area contributed by atoms with Gasteiger partial charge in [0.05, 0.1) is 12.8 Å². The molecule has 0 saturated carbocycles. The summed E-state index contributed by atoms with van der Waals surface area (Å²) < 4.78 is 10.7. The van der Waals surface area contributed by atoms with Gasteiger partial charge in [-0.3, -0.25) is 4.98 Å². The molecule has 0 atom stereocenters. The maximum absolute atomic E-state index is 11.2. The molecule has 0 bridgehead atoms. The summed E-state index contributed by atoms with van der Waals surface area (Å²) in [6, 6.07) is 8.03. The fourth-order valence-corrected chi connectivity index (χ4v) is 1.89. The topological polar surface area (TPSA) is 94.7 Å². The highest BCUT2D eigenvalue weighted by atomic mass is 16.5. The number of aromatic carboxylic acids is 1. The van der Waals surface area contributed by atoms with Crippen molar-refractivity contribution >= 4 is 11.7 Å². The van der Waals surface area contributed by atoms with Gasteiger partial charge < -0.3 is 20.3 Å². The largest absolute Gasteiger partial charge is 0.497 e. The predicted molar refractivity (Wildman–Crippen MR) is 77.7 cm³/mol. The highest BCUT2D eigenvalue weighted by Crippen LogP contribution is 2.23. The number of nitrogen functional groups attached to an aromatic ring is 1. The van der Waals surface area contributed by atoms with Crippen LogP contribution in [0.25, 0.3) is 0 Å². The number of nitrogens with two attached hydrogens (primary N) is 1. The second kappa shape index (κ2) is 6.13. The normalized spacial score (nSPS) is 10.2. The first kappa shape index (κ1) is 14.6. The van der Waals surface area contributed by atoms with Crippen LogP contribution in [0.5, 0.6) is 11.5 Å². The van der Waals surface area contributed by atoms with E-state index in [1.165, 1.54) is 12.1 Å². The summed E-state index contributed by atoms with van der Waals surface area (Å²) >= 11 is 0. The van der Waals surface area contributed by atoms with Gasteiger partial charge >= 0.3 is 5.97 Å². The number of hydrogen-bond donors (Lipinski definition) is 2. The molecule has 0 aliphatic heterocycles. The number of nitrogens with zero attached hydrogens (tertiary/aromatic N) is 1. The molecule has 1 heterocycles. The minimum absolute atomic E-state index is 0.0228. The lowest BCUT2D eigenvalue weighted by Gasteiger charge is -2.10. The summed E-state index contributed by atoms with van der Waals surface area (Å²) in [5, 5.41) is 9.14. The molecule has 0 fully saturated rings. The van der Waals surface area contributed by atoms with Gasteiger partial charge in [0.2, 0.25) is 0 Å². The monoisotopic (exact) mass is 288 g/mol. The summed E-state index contributed by atoms with van der Waals surface area (Å²) in [7, 11) is 1.57. The van der Waals surface area contributed by atoms with E-state index in [0.29, 0.717) is 17.1 Å². The number of pyridine rings is 1. The summed E-state index contributed by atoms with van der Waals surface area (Å²) in [5.74, 6) is -0.164. The highest BCUT2D eigenvalue weighted by molar-refractivity contribution is 5.92. The quantitative estimate of drug-likeness (QED) is 0.819. The fraction of sp³-hybridized carbons (Fsp3) is 0.200. The average molecular weight is 288 g/mol.